The number of furan rings is 1. The molecular formula is C14H12ClN3O2. The van der Waals surface area contributed by atoms with Crippen LogP contribution in [0.5, 0.6) is 0 Å². The van der Waals surface area contributed by atoms with Crippen LogP contribution in [-0.4, -0.2) is 15.7 Å². The van der Waals surface area contributed by atoms with Crippen LogP contribution in [0.25, 0.3) is 10.9 Å². The van der Waals surface area contributed by atoms with E-state index in [0.717, 1.165) is 10.9 Å². The normalized spacial score (nSPS) is 10.8. The lowest BCUT2D eigenvalue weighted by molar-refractivity contribution is -0.122. The van der Waals surface area contributed by atoms with Gasteiger partial charge in [0.05, 0.1) is 29.5 Å². The van der Waals surface area contributed by atoms with Crippen LogP contribution in [0.1, 0.15) is 5.76 Å². The molecule has 2 heterocycles. The lowest BCUT2D eigenvalue weighted by Crippen LogP contribution is -2.27. The highest BCUT2D eigenvalue weighted by molar-refractivity contribution is 6.35. The second kappa shape index (κ2) is 5.38. The molecule has 0 unspecified atom stereocenters. The summed E-state index contributed by atoms with van der Waals surface area (Å²) in [5, 5.41) is 8.44. The summed E-state index contributed by atoms with van der Waals surface area (Å²) in [5.41, 5.74) is 0.839. The van der Waals surface area contributed by atoms with E-state index < -0.39 is 0 Å². The molecule has 0 aliphatic heterocycles. The topological polar surface area (TPSA) is 60.1 Å². The molecule has 0 atom stereocenters. The molecule has 0 fully saturated rings. The van der Waals surface area contributed by atoms with Crippen molar-refractivity contribution in [2.75, 3.05) is 0 Å². The number of rotatable bonds is 4. The summed E-state index contributed by atoms with van der Waals surface area (Å²) >= 11 is 6.07. The SMILES string of the molecule is O=C(Cn1ncc2c(Cl)cccc21)NCc1ccco1. The van der Waals surface area contributed by atoms with E-state index in [0.29, 0.717) is 17.3 Å². The average Bonchev–Trinajstić information content (AvgIpc) is 3.07. The number of fused-ring (bicyclic) bond motifs is 1. The zero-order chi connectivity index (χ0) is 13.9. The third kappa shape index (κ3) is 2.53. The van der Waals surface area contributed by atoms with E-state index in [1.54, 1.807) is 29.3 Å². The molecule has 0 bridgehead atoms. The highest BCUT2D eigenvalue weighted by atomic mass is 35.5. The summed E-state index contributed by atoms with van der Waals surface area (Å²) in [4.78, 5) is 11.9. The zero-order valence-corrected chi connectivity index (χ0v) is 11.3. The third-order valence-electron chi connectivity index (χ3n) is 2.97. The molecule has 0 aliphatic carbocycles. The van der Waals surface area contributed by atoms with Crippen LogP contribution in [0.4, 0.5) is 0 Å². The molecule has 0 saturated carbocycles. The Kier molecular flexibility index (Phi) is 3.43. The van der Waals surface area contributed by atoms with Crippen LogP contribution in [0, 0.1) is 0 Å². The number of hydrogen-bond acceptors (Lipinski definition) is 3. The Labute approximate surface area is 120 Å². The average molecular weight is 290 g/mol. The van der Waals surface area contributed by atoms with Crippen molar-refractivity contribution >= 4 is 28.4 Å². The first-order chi connectivity index (χ1) is 9.74. The fourth-order valence-corrected chi connectivity index (χ4v) is 2.20. The molecule has 20 heavy (non-hydrogen) atoms. The lowest BCUT2D eigenvalue weighted by atomic mass is 10.2. The highest BCUT2D eigenvalue weighted by Crippen LogP contribution is 2.22. The van der Waals surface area contributed by atoms with Gasteiger partial charge in [0, 0.05) is 5.39 Å². The van der Waals surface area contributed by atoms with E-state index in [1.165, 1.54) is 0 Å². The number of carbonyl (C=O) groups excluding carboxylic acids is 1. The Morgan fingerprint density at radius 2 is 2.25 bits per heavy atom. The van der Waals surface area contributed by atoms with Gasteiger partial charge in [-0.2, -0.15) is 5.10 Å². The molecule has 5 nitrogen and oxygen atoms in total. The Morgan fingerprint density at radius 1 is 1.35 bits per heavy atom. The molecule has 0 aliphatic rings. The maximum Gasteiger partial charge on any atom is 0.242 e. The van der Waals surface area contributed by atoms with Crippen LogP contribution in [0.15, 0.2) is 47.2 Å². The van der Waals surface area contributed by atoms with Crippen molar-refractivity contribution in [1.29, 1.82) is 0 Å². The van der Waals surface area contributed by atoms with Gasteiger partial charge in [-0.15, -0.1) is 0 Å². The van der Waals surface area contributed by atoms with Crippen LogP contribution in [-0.2, 0) is 17.9 Å². The quantitative estimate of drug-likeness (QED) is 0.803. The van der Waals surface area contributed by atoms with Crippen molar-refractivity contribution in [1.82, 2.24) is 15.1 Å². The predicted molar refractivity (Wildman–Crippen MR) is 75.3 cm³/mol. The standard InChI is InChI=1S/C14H12ClN3O2/c15-12-4-1-5-13-11(12)8-17-18(13)9-14(19)16-7-10-3-2-6-20-10/h1-6,8H,7,9H2,(H,16,19). The number of nitrogens with zero attached hydrogens (tertiary/aromatic N) is 2. The van der Waals surface area contributed by atoms with Gasteiger partial charge >= 0.3 is 0 Å². The van der Waals surface area contributed by atoms with Crippen molar-refractivity contribution in [2.45, 2.75) is 13.1 Å². The van der Waals surface area contributed by atoms with Crippen molar-refractivity contribution in [2.24, 2.45) is 0 Å². The van der Waals surface area contributed by atoms with Gasteiger partial charge < -0.3 is 9.73 Å². The Balaban J connectivity index is 1.70. The van der Waals surface area contributed by atoms with Crippen LogP contribution >= 0.6 is 11.6 Å². The Bertz CT molecular complexity index is 734. The lowest BCUT2D eigenvalue weighted by Gasteiger charge is -2.05. The number of nitrogens with one attached hydrogen (secondary N) is 1. The van der Waals surface area contributed by atoms with Gasteiger partial charge in [-0.25, -0.2) is 0 Å². The van der Waals surface area contributed by atoms with Gasteiger partial charge in [0.1, 0.15) is 12.3 Å². The fourth-order valence-electron chi connectivity index (χ4n) is 1.98. The van der Waals surface area contributed by atoms with Crippen LogP contribution in [0.3, 0.4) is 0 Å². The number of halogens is 1. The number of benzene rings is 1. The molecule has 3 aromatic rings. The number of aromatic nitrogens is 2. The molecule has 1 N–H and O–H groups in total. The highest BCUT2D eigenvalue weighted by Gasteiger charge is 2.09. The summed E-state index contributed by atoms with van der Waals surface area (Å²) < 4.78 is 6.77. The smallest absolute Gasteiger partial charge is 0.242 e. The minimum absolute atomic E-state index is 0.133. The van der Waals surface area contributed by atoms with E-state index in [2.05, 4.69) is 10.4 Å². The molecule has 1 aromatic carbocycles. The summed E-state index contributed by atoms with van der Waals surface area (Å²) in [6, 6.07) is 9.11. The van der Waals surface area contributed by atoms with E-state index in [4.69, 9.17) is 16.0 Å². The van der Waals surface area contributed by atoms with Gasteiger partial charge in [-0.05, 0) is 24.3 Å². The molecule has 2 aromatic heterocycles. The van der Waals surface area contributed by atoms with E-state index >= 15 is 0 Å². The second-order valence-corrected chi connectivity index (χ2v) is 4.74. The first kappa shape index (κ1) is 12.7. The summed E-state index contributed by atoms with van der Waals surface area (Å²) in [6.07, 6.45) is 3.24. The van der Waals surface area contributed by atoms with Crippen molar-refractivity contribution in [3.05, 3.63) is 53.6 Å². The maximum absolute atomic E-state index is 11.9. The van der Waals surface area contributed by atoms with Gasteiger partial charge in [0.15, 0.2) is 0 Å². The molecule has 3 rings (SSSR count). The van der Waals surface area contributed by atoms with Crippen molar-refractivity contribution in [3.8, 4) is 0 Å². The number of hydrogen-bond donors (Lipinski definition) is 1. The van der Waals surface area contributed by atoms with Crippen LogP contribution in [0.2, 0.25) is 5.02 Å². The summed E-state index contributed by atoms with van der Waals surface area (Å²) in [5.74, 6) is 0.582. The molecular weight excluding hydrogens is 278 g/mol. The van der Waals surface area contributed by atoms with Crippen LogP contribution < -0.4 is 5.32 Å². The monoisotopic (exact) mass is 289 g/mol. The first-order valence-corrected chi connectivity index (χ1v) is 6.51. The largest absolute Gasteiger partial charge is 0.467 e. The second-order valence-electron chi connectivity index (χ2n) is 4.33. The van der Waals surface area contributed by atoms with Gasteiger partial charge in [-0.1, -0.05) is 17.7 Å². The van der Waals surface area contributed by atoms with Gasteiger partial charge in [-0.3, -0.25) is 9.48 Å². The molecule has 102 valence electrons. The Morgan fingerprint density at radius 3 is 3.05 bits per heavy atom. The van der Waals surface area contributed by atoms with Crippen molar-refractivity contribution in [3.63, 3.8) is 0 Å². The molecule has 1 amide bonds. The first-order valence-electron chi connectivity index (χ1n) is 6.13. The number of amides is 1. The molecule has 0 spiro atoms. The third-order valence-corrected chi connectivity index (χ3v) is 3.30. The molecule has 6 heteroatoms. The van der Waals surface area contributed by atoms with Gasteiger partial charge in [0.2, 0.25) is 5.91 Å². The fraction of sp³-hybridized carbons (Fsp3) is 0.143. The predicted octanol–water partition coefficient (Wildman–Crippen LogP) is 2.60. The van der Waals surface area contributed by atoms with E-state index in [1.807, 2.05) is 18.2 Å². The number of carbonyl (C=O) groups is 1. The Hall–Kier alpha value is -2.27. The summed E-state index contributed by atoms with van der Waals surface area (Å²) in [7, 11) is 0. The van der Waals surface area contributed by atoms with E-state index in [9.17, 15) is 4.79 Å². The minimum atomic E-state index is -0.133. The van der Waals surface area contributed by atoms with E-state index in [-0.39, 0.29) is 12.5 Å². The summed E-state index contributed by atoms with van der Waals surface area (Å²) in [6.45, 7) is 0.510. The van der Waals surface area contributed by atoms with Gasteiger partial charge in [0.25, 0.3) is 0 Å². The minimum Gasteiger partial charge on any atom is -0.467 e. The maximum atomic E-state index is 11.9. The van der Waals surface area contributed by atoms with Crippen molar-refractivity contribution < 1.29 is 9.21 Å². The molecule has 0 saturated heterocycles. The zero-order valence-electron chi connectivity index (χ0n) is 10.5. The molecule has 0 radical (unpaired) electrons.